The number of anilines is 3. The molecule has 40 heavy (non-hydrogen) atoms. The summed E-state index contributed by atoms with van der Waals surface area (Å²) in [6.07, 6.45) is 1.86. The van der Waals surface area contributed by atoms with Gasteiger partial charge in [-0.25, -0.2) is 26.3 Å². The van der Waals surface area contributed by atoms with E-state index in [1.54, 1.807) is 30.5 Å². The lowest BCUT2D eigenvalue weighted by Crippen LogP contribution is -2.32. The number of rotatable bonds is 7. The number of fused-ring (bicyclic) bond motifs is 1. The molecule has 1 aromatic heterocycles. The van der Waals surface area contributed by atoms with Crippen molar-refractivity contribution in [2.24, 2.45) is 5.92 Å². The van der Waals surface area contributed by atoms with Crippen LogP contribution in [0.3, 0.4) is 0 Å². The van der Waals surface area contributed by atoms with Crippen molar-refractivity contribution in [3.8, 4) is 0 Å². The number of hydrogen-bond donors (Lipinski definition) is 4. The lowest BCUT2D eigenvalue weighted by molar-refractivity contribution is -0.119. The van der Waals surface area contributed by atoms with Gasteiger partial charge < -0.3 is 20.9 Å². The quantitative estimate of drug-likeness (QED) is 0.227. The number of H-pyrrole nitrogens is 1. The highest BCUT2D eigenvalue weighted by Gasteiger charge is 2.35. The van der Waals surface area contributed by atoms with Crippen molar-refractivity contribution in [1.82, 2.24) is 9.29 Å². The van der Waals surface area contributed by atoms with Gasteiger partial charge in [0, 0.05) is 46.5 Å². The molecular weight excluding hydrogens is 564 g/mol. The number of nitrogens with zero attached hydrogens (tertiary/aromatic N) is 1. The highest BCUT2D eigenvalue weighted by atomic mass is 35.5. The normalized spacial score (nSPS) is 15.7. The molecule has 0 saturated carbocycles. The summed E-state index contributed by atoms with van der Waals surface area (Å²) in [6, 6.07) is 13.9. The van der Waals surface area contributed by atoms with Gasteiger partial charge in [0.05, 0.1) is 23.0 Å². The van der Waals surface area contributed by atoms with E-state index in [1.165, 1.54) is 30.3 Å². The number of sulfonamides is 1. The van der Waals surface area contributed by atoms with Crippen LogP contribution < -0.4 is 16.0 Å². The zero-order chi connectivity index (χ0) is 28.4. The SMILES string of the molecule is O=C(Nc1ccc(NC(=O)C2CCN(S(=O)(=O)Cc3ccccc3F)C2)cc1F)Nc1c[nH]c2ccc(Cl)cc12. The van der Waals surface area contributed by atoms with Crippen molar-refractivity contribution in [3.05, 3.63) is 89.1 Å². The van der Waals surface area contributed by atoms with Gasteiger partial charge in [0.15, 0.2) is 0 Å². The molecule has 0 bridgehead atoms. The van der Waals surface area contributed by atoms with E-state index in [0.29, 0.717) is 16.1 Å². The van der Waals surface area contributed by atoms with E-state index >= 15 is 0 Å². The lowest BCUT2D eigenvalue weighted by atomic mass is 10.1. The molecule has 3 amide bonds. The van der Waals surface area contributed by atoms with E-state index in [0.717, 1.165) is 15.9 Å². The standard InChI is InChI=1S/C27H24ClF2N5O4S/c28-18-5-7-23-20(11-18)25(13-31-23)34-27(37)33-24-8-6-19(12-22(24)30)32-26(36)16-9-10-35(14-16)40(38,39)15-17-3-1-2-4-21(17)29/h1-8,11-13,16,31H,9-10,14-15H2,(H,32,36)(H2,33,34,37). The molecule has 13 heteroatoms. The molecule has 208 valence electrons. The second-order valence-corrected chi connectivity index (χ2v) is 11.8. The molecule has 1 saturated heterocycles. The van der Waals surface area contributed by atoms with Gasteiger partial charge in [-0.2, -0.15) is 0 Å². The molecule has 1 atom stereocenters. The van der Waals surface area contributed by atoms with Gasteiger partial charge in [-0.1, -0.05) is 29.8 Å². The molecule has 1 aliphatic heterocycles. The molecule has 9 nitrogen and oxygen atoms in total. The summed E-state index contributed by atoms with van der Waals surface area (Å²) in [4.78, 5) is 28.2. The maximum absolute atomic E-state index is 14.7. The summed E-state index contributed by atoms with van der Waals surface area (Å²) in [6.45, 7) is 0.0494. The summed E-state index contributed by atoms with van der Waals surface area (Å²) >= 11 is 6.03. The van der Waals surface area contributed by atoms with Crippen LogP contribution in [0.4, 0.5) is 30.6 Å². The maximum Gasteiger partial charge on any atom is 0.323 e. The Morgan fingerprint density at radius 3 is 2.52 bits per heavy atom. The first kappa shape index (κ1) is 27.6. The van der Waals surface area contributed by atoms with E-state index in [1.807, 2.05) is 0 Å². The molecule has 0 aliphatic carbocycles. The summed E-state index contributed by atoms with van der Waals surface area (Å²) in [5.74, 6) is -3.03. The van der Waals surface area contributed by atoms with Crippen molar-refractivity contribution in [2.75, 3.05) is 29.0 Å². The number of halogens is 3. The average Bonchev–Trinajstić information content (AvgIpc) is 3.56. The van der Waals surface area contributed by atoms with Crippen LogP contribution in [-0.4, -0.2) is 42.7 Å². The first-order chi connectivity index (χ1) is 19.1. The third kappa shape index (κ3) is 6.09. The number of carbonyl (C=O) groups is 2. The molecule has 4 aromatic rings. The van der Waals surface area contributed by atoms with Gasteiger partial charge in [0.1, 0.15) is 11.6 Å². The van der Waals surface area contributed by atoms with Crippen molar-refractivity contribution < 1.29 is 26.8 Å². The van der Waals surface area contributed by atoms with Crippen molar-refractivity contribution in [1.29, 1.82) is 0 Å². The second-order valence-electron chi connectivity index (χ2n) is 9.35. The third-order valence-corrected chi connectivity index (χ3v) is 8.62. The molecule has 3 aromatic carbocycles. The van der Waals surface area contributed by atoms with E-state index in [4.69, 9.17) is 11.6 Å². The van der Waals surface area contributed by atoms with Gasteiger partial charge in [-0.05, 0) is 48.9 Å². The fourth-order valence-corrected chi connectivity index (χ4v) is 6.28. The number of nitrogens with one attached hydrogen (secondary N) is 4. The highest BCUT2D eigenvalue weighted by Crippen LogP contribution is 2.28. The minimum Gasteiger partial charge on any atom is -0.359 e. The number of benzene rings is 3. The van der Waals surface area contributed by atoms with Crippen LogP contribution in [-0.2, 0) is 20.6 Å². The number of carbonyl (C=O) groups excluding carboxylic acids is 2. The number of hydrogen-bond acceptors (Lipinski definition) is 4. The monoisotopic (exact) mass is 587 g/mol. The van der Waals surface area contributed by atoms with Crippen molar-refractivity contribution in [3.63, 3.8) is 0 Å². The van der Waals surface area contributed by atoms with E-state index in [-0.39, 0.29) is 36.4 Å². The highest BCUT2D eigenvalue weighted by molar-refractivity contribution is 7.88. The molecule has 0 spiro atoms. The average molecular weight is 588 g/mol. The van der Waals surface area contributed by atoms with Crippen LogP contribution in [0.25, 0.3) is 10.9 Å². The summed E-state index contributed by atoms with van der Waals surface area (Å²) in [7, 11) is -3.83. The van der Waals surface area contributed by atoms with Gasteiger partial charge in [0.2, 0.25) is 15.9 Å². The van der Waals surface area contributed by atoms with Crippen LogP contribution >= 0.6 is 11.6 Å². The van der Waals surface area contributed by atoms with E-state index in [2.05, 4.69) is 20.9 Å². The predicted octanol–water partition coefficient (Wildman–Crippen LogP) is 5.53. The van der Waals surface area contributed by atoms with Crippen LogP contribution in [0.2, 0.25) is 5.02 Å². The minimum absolute atomic E-state index is 0.0547. The fourth-order valence-electron chi connectivity index (χ4n) is 4.51. The van der Waals surface area contributed by atoms with Gasteiger partial charge in [-0.15, -0.1) is 0 Å². The second kappa shape index (κ2) is 11.2. The Bertz CT molecular complexity index is 1710. The summed E-state index contributed by atoms with van der Waals surface area (Å²) in [5, 5.41) is 8.83. The van der Waals surface area contributed by atoms with E-state index < -0.39 is 45.3 Å². The van der Waals surface area contributed by atoms with Crippen molar-refractivity contribution in [2.45, 2.75) is 12.2 Å². The first-order valence-electron chi connectivity index (χ1n) is 12.3. The van der Waals surface area contributed by atoms with Gasteiger partial charge >= 0.3 is 6.03 Å². The zero-order valence-electron chi connectivity index (χ0n) is 20.9. The Kier molecular flexibility index (Phi) is 7.74. The maximum atomic E-state index is 14.7. The topological polar surface area (TPSA) is 123 Å². The number of urea groups is 1. The Hall–Kier alpha value is -4.00. The van der Waals surface area contributed by atoms with Crippen LogP contribution in [0.5, 0.6) is 0 Å². The molecule has 2 heterocycles. The summed E-state index contributed by atoms with van der Waals surface area (Å²) in [5.41, 5.74) is 1.31. The number of aromatic amines is 1. The van der Waals surface area contributed by atoms with E-state index in [9.17, 15) is 26.8 Å². The molecule has 1 unspecified atom stereocenters. The molecule has 5 rings (SSSR count). The Morgan fingerprint density at radius 1 is 0.975 bits per heavy atom. The fraction of sp³-hybridized carbons (Fsp3) is 0.185. The molecule has 1 fully saturated rings. The summed E-state index contributed by atoms with van der Waals surface area (Å²) < 4.78 is 55.4. The third-order valence-electron chi connectivity index (χ3n) is 6.59. The number of amides is 3. The lowest BCUT2D eigenvalue weighted by Gasteiger charge is -2.17. The Balaban J connectivity index is 1.17. The zero-order valence-corrected chi connectivity index (χ0v) is 22.5. The van der Waals surface area contributed by atoms with Crippen LogP contribution in [0.15, 0.2) is 66.9 Å². The molecule has 0 radical (unpaired) electrons. The van der Waals surface area contributed by atoms with Gasteiger partial charge in [-0.3, -0.25) is 4.79 Å². The Morgan fingerprint density at radius 2 is 1.75 bits per heavy atom. The smallest absolute Gasteiger partial charge is 0.323 e. The largest absolute Gasteiger partial charge is 0.359 e. The molecular formula is C27H24ClF2N5O4S. The van der Waals surface area contributed by atoms with Crippen LogP contribution in [0, 0.1) is 17.6 Å². The molecule has 1 aliphatic rings. The van der Waals surface area contributed by atoms with Gasteiger partial charge in [0.25, 0.3) is 0 Å². The van der Waals surface area contributed by atoms with Crippen molar-refractivity contribution >= 4 is 61.5 Å². The number of aromatic nitrogens is 1. The minimum atomic E-state index is -3.83. The predicted molar refractivity (Wildman–Crippen MR) is 150 cm³/mol. The Labute approximate surface area is 233 Å². The molecule has 4 N–H and O–H groups in total. The first-order valence-corrected chi connectivity index (χ1v) is 14.2. The van der Waals surface area contributed by atoms with Crippen LogP contribution in [0.1, 0.15) is 12.0 Å².